The second kappa shape index (κ2) is 7.10. The normalized spacial score (nSPS) is 12.3. The van der Waals surface area contributed by atoms with Crippen LogP contribution in [0.25, 0.3) is 0 Å². The van der Waals surface area contributed by atoms with E-state index in [1.54, 1.807) is 0 Å². The minimum Gasteiger partial charge on any atom is -0.493 e. The van der Waals surface area contributed by atoms with Gasteiger partial charge in [0, 0.05) is 25.7 Å². The van der Waals surface area contributed by atoms with Crippen molar-refractivity contribution < 1.29 is 4.74 Å². The molecular weight excluding hydrogens is 250 g/mol. The smallest absolute Gasteiger partial charge is 0.119 e. The van der Waals surface area contributed by atoms with Crippen LogP contribution < -0.4 is 10.5 Å². The van der Waals surface area contributed by atoms with Crippen LogP contribution in [-0.2, 0) is 19.9 Å². The zero-order valence-electron chi connectivity index (χ0n) is 12.2. The highest BCUT2D eigenvalue weighted by molar-refractivity contribution is 5.29. The Morgan fingerprint density at radius 1 is 1.35 bits per heavy atom. The summed E-state index contributed by atoms with van der Waals surface area (Å²) in [6, 6.07) is 8.42. The predicted molar refractivity (Wildman–Crippen MR) is 80.8 cm³/mol. The number of nitrogens with two attached hydrogens (primary N) is 1. The fourth-order valence-corrected chi connectivity index (χ4v) is 2.10. The van der Waals surface area contributed by atoms with E-state index in [1.165, 1.54) is 11.1 Å². The van der Waals surface area contributed by atoms with E-state index < -0.39 is 0 Å². The molecule has 0 fully saturated rings. The average molecular weight is 273 g/mol. The van der Waals surface area contributed by atoms with Gasteiger partial charge in [0.25, 0.3) is 0 Å². The van der Waals surface area contributed by atoms with Gasteiger partial charge in [0.2, 0.25) is 0 Å². The van der Waals surface area contributed by atoms with Crippen molar-refractivity contribution >= 4 is 0 Å². The number of ether oxygens (including phenoxy) is 1. The van der Waals surface area contributed by atoms with Crippen LogP contribution in [0.5, 0.6) is 5.75 Å². The Bertz CT molecular complexity index is 536. The molecule has 0 bridgehead atoms. The van der Waals surface area contributed by atoms with E-state index in [-0.39, 0.29) is 6.04 Å². The van der Waals surface area contributed by atoms with E-state index in [0.717, 1.165) is 25.0 Å². The maximum absolute atomic E-state index is 5.98. The van der Waals surface area contributed by atoms with Gasteiger partial charge in [0.05, 0.1) is 12.8 Å². The third-order valence-electron chi connectivity index (χ3n) is 3.34. The van der Waals surface area contributed by atoms with Gasteiger partial charge in [0.1, 0.15) is 5.75 Å². The molecule has 1 heterocycles. The van der Waals surface area contributed by atoms with Crippen molar-refractivity contribution in [3.05, 3.63) is 47.8 Å². The summed E-state index contributed by atoms with van der Waals surface area (Å²) < 4.78 is 7.60. The summed E-state index contributed by atoms with van der Waals surface area (Å²) in [6.45, 7) is 2.77. The third-order valence-corrected chi connectivity index (χ3v) is 3.34. The zero-order valence-corrected chi connectivity index (χ0v) is 12.2. The molecule has 0 aliphatic heterocycles. The Morgan fingerprint density at radius 3 is 2.90 bits per heavy atom. The Labute approximate surface area is 120 Å². The first kappa shape index (κ1) is 14.6. The third kappa shape index (κ3) is 4.38. The number of aromatic nitrogens is 2. The molecule has 2 rings (SSSR count). The van der Waals surface area contributed by atoms with Gasteiger partial charge in [-0.1, -0.05) is 19.1 Å². The highest BCUT2D eigenvalue weighted by atomic mass is 16.5. The van der Waals surface area contributed by atoms with Crippen LogP contribution in [-0.4, -0.2) is 22.4 Å². The van der Waals surface area contributed by atoms with E-state index in [4.69, 9.17) is 10.5 Å². The van der Waals surface area contributed by atoms with Crippen LogP contribution >= 0.6 is 0 Å². The lowest BCUT2D eigenvalue weighted by Gasteiger charge is -2.10. The lowest BCUT2D eigenvalue weighted by molar-refractivity contribution is 0.321. The van der Waals surface area contributed by atoms with Crippen LogP contribution in [0.2, 0.25) is 0 Å². The van der Waals surface area contributed by atoms with E-state index in [1.807, 2.05) is 36.3 Å². The van der Waals surface area contributed by atoms with E-state index in [2.05, 4.69) is 24.2 Å². The van der Waals surface area contributed by atoms with Gasteiger partial charge < -0.3 is 10.5 Å². The maximum Gasteiger partial charge on any atom is 0.119 e. The minimum atomic E-state index is 0.223. The van der Waals surface area contributed by atoms with Crippen LogP contribution in [0.1, 0.15) is 24.5 Å². The highest BCUT2D eigenvalue weighted by Gasteiger charge is 2.03. The first-order chi connectivity index (χ1) is 9.67. The summed E-state index contributed by atoms with van der Waals surface area (Å²) in [5.74, 6) is 0.912. The molecule has 0 amide bonds. The molecule has 1 aromatic carbocycles. The Kier molecular flexibility index (Phi) is 5.18. The molecule has 0 spiro atoms. The molecule has 20 heavy (non-hydrogen) atoms. The van der Waals surface area contributed by atoms with Gasteiger partial charge in [0.15, 0.2) is 0 Å². The predicted octanol–water partition coefficient (Wildman–Crippen LogP) is 2.32. The Hall–Kier alpha value is -1.81. The zero-order chi connectivity index (χ0) is 14.4. The van der Waals surface area contributed by atoms with Gasteiger partial charge in [-0.3, -0.25) is 4.68 Å². The maximum atomic E-state index is 5.98. The van der Waals surface area contributed by atoms with Crippen molar-refractivity contribution in [2.45, 2.75) is 32.2 Å². The lowest BCUT2D eigenvalue weighted by Crippen LogP contribution is -2.21. The molecule has 0 aliphatic carbocycles. The molecule has 0 radical (unpaired) electrons. The summed E-state index contributed by atoms with van der Waals surface area (Å²) in [5, 5.41) is 4.15. The lowest BCUT2D eigenvalue weighted by atomic mass is 10.0. The van der Waals surface area contributed by atoms with Gasteiger partial charge in [-0.05, 0) is 36.1 Å². The molecule has 108 valence electrons. The second-order valence-corrected chi connectivity index (χ2v) is 5.14. The molecule has 1 unspecified atom stereocenters. The average Bonchev–Trinajstić information content (AvgIpc) is 2.85. The van der Waals surface area contributed by atoms with Crippen molar-refractivity contribution in [1.29, 1.82) is 0 Å². The number of aryl methyl sites for hydroxylation is 1. The second-order valence-electron chi connectivity index (χ2n) is 5.14. The SMILES string of the molecule is CCC(N)Cc1cccc(OCCc2cnn(C)c2)c1. The number of nitrogens with zero attached hydrogens (tertiary/aromatic N) is 2. The summed E-state index contributed by atoms with van der Waals surface area (Å²) in [6.07, 6.45) is 6.65. The number of benzene rings is 1. The number of hydrogen-bond donors (Lipinski definition) is 1. The summed E-state index contributed by atoms with van der Waals surface area (Å²) in [4.78, 5) is 0. The topological polar surface area (TPSA) is 53.1 Å². The van der Waals surface area contributed by atoms with Crippen molar-refractivity contribution in [3.63, 3.8) is 0 Å². The summed E-state index contributed by atoms with van der Waals surface area (Å²) in [7, 11) is 1.92. The van der Waals surface area contributed by atoms with Crippen molar-refractivity contribution in [1.82, 2.24) is 9.78 Å². The Balaban J connectivity index is 1.84. The van der Waals surface area contributed by atoms with Crippen molar-refractivity contribution in [3.8, 4) is 5.75 Å². The van der Waals surface area contributed by atoms with Crippen molar-refractivity contribution in [2.75, 3.05) is 6.61 Å². The first-order valence-corrected chi connectivity index (χ1v) is 7.12. The molecule has 2 aromatic rings. The van der Waals surface area contributed by atoms with Crippen molar-refractivity contribution in [2.24, 2.45) is 12.8 Å². The largest absolute Gasteiger partial charge is 0.493 e. The van der Waals surface area contributed by atoms with Gasteiger partial charge in [-0.2, -0.15) is 5.10 Å². The Morgan fingerprint density at radius 2 is 2.20 bits per heavy atom. The summed E-state index contributed by atoms with van der Waals surface area (Å²) in [5.41, 5.74) is 8.41. The standard InChI is InChI=1S/C16H23N3O/c1-3-15(17)9-13-5-4-6-16(10-13)20-8-7-14-11-18-19(2)12-14/h4-6,10-12,15H,3,7-9,17H2,1-2H3. The van der Waals surface area contributed by atoms with Gasteiger partial charge in [-0.25, -0.2) is 0 Å². The molecule has 1 atom stereocenters. The molecule has 4 heteroatoms. The van der Waals surface area contributed by atoms with Crippen LogP contribution in [0.3, 0.4) is 0 Å². The molecule has 4 nitrogen and oxygen atoms in total. The highest BCUT2D eigenvalue weighted by Crippen LogP contribution is 2.15. The summed E-state index contributed by atoms with van der Waals surface area (Å²) >= 11 is 0. The quantitative estimate of drug-likeness (QED) is 0.842. The van der Waals surface area contributed by atoms with Gasteiger partial charge in [-0.15, -0.1) is 0 Å². The number of hydrogen-bond acceptors (Lipinski definition) is 3. The minimum absolute atomic E-state index is 0.223. The molecule has 2 N–H and O–H groups in total. The molecular formula is C16H23N3O. The van der Waals surface area contributed by atoms with E-state index in [0.29, 0.717) is 6.61 Å². The van der Waals surface area contributed by atoms with Crippen LogP contribution in [0.4, 0.5) is 0 Å². The molecule has 0 aliphatic rings. The van der Waals surface area contributed by atoms with E-state index in [9.17, 15) is 0 Å². The number of rotatable bonds is 7. The first-order valence-electron chi connectivity index (χ1n) is 7.12. The van der Waals surface area contributed by atoms with Gasteiger partial charge >= 0.3 is 0 Å². The fraction of sp³-hybridized carbons (Fsp3) is 0.438. The molecule has 0 saturated carbocycles. The fourth-order valence-electron chi connectivity index (χ4n) is 2.10. The molecule has 1 aromatic heterocycles. The molecule has 0 saturated heterocycles. The van der Waals surface area contributed by atoms with Crippen LogP contribution in [0, 0.1) is 0 Å². The van der Waals surface area contributed by atoms with Crippen LogP contribution in [0.15, 0.2) is 36.7 Å². The van der Waals surface area contributed by atoms with E-state index >= 15 is 0 Å². The monoisotopic (exact) mass is 273 g/mol.